The minimum atomic E-state index is -1.70. The van der Waals surface area contributed by atoms with Crippen molar-refractivity contribution in [1.29, 1.82) is 0 Å². The number of aromatic nitrogens is 2. The predicted octanol–water partition coefficient (Wildman–Crippen LogP) is 4.33. The second-order valence-corrected chi connectivity index (χ2v) is 13.6. The first-order chi connectivity index (χ1) is 10.7. The summed E-state index contributed by atoms with van der Waals surface area (Å²) in [6.45, 7) is 14.0. The van der Waals surface area contributed by atoms with Crippen LogP contribution in [0, 0.1) is 0 Å². The Morgan fingerprint density at radius 3 is 2.70 bits per heavy atom. The molecule has 1 saturated heterocycles. The highest BCUT2D eigenvalue weighted by atomic mass is 127. The zero-order valence-electron chi connectivity index (χ0n) is 15.2. The molecule has 1 aromatic heterocycles. The molecule has 6 heteroatoms. The normalized spacial score (nSPS) is 20.0. The third kappa shape index (κ3) is 5.27. The number of hydrogen-bond acceptors (Lipinski definition) is 2. The van der Waals surface area contributed by atoms with E-state index in [1.165, 1.54) is 30.7 Å². The van der Waals surface area contributed by atoms with Gasteiger partial charge < -0.3 is 9.16 Å². The molecule has 2 rings (SSSR count). The first kappa shape index (κ1) is 19.4. The summed E-state index contributed by atoms with van der Waals surface area (Å²) in [5.41, 5.74) is 2.51. The number of alkyl halides is 1. The Morgan fingerprint density at radius 1 is 1.39 bits per heavy atom. The lowest BCUT2D eigenvalue weighted by Gasteiger charge is -2.35. The van der Waals surface area contributed by atoms with Crippen LogP contribution in [-0.2, 0) is 26.7 Å². The van der Waals surface area contributed by atoms with E-state index in [1.54, 1.807) is 0 Å². The maximum Gasteiger partial charge on any atom is 0.217 e. The predicted molar refractivity (Wildman–Crippen MR) is 104 cm³/mol. The van der Waals surface area contributed by atoms with Crippen LogP contribution < -0.4 is 4.68 Å². The standard InChI is InChI=1S/C17H31IN2O2Si/c1-17(2,3)23(4,5)22-13-14-10-15(11-18)20(19-14)12-16-8-6-7-9-21-16/h10,16H,6-9,11-13H2,1-5H3/p+1. The largest absolute Gasteiger partial charge is 0.411 e. The topological polar surface area (TPSA) is 38.1 Å². The Hall–Kier alpha value is 0.0769. The lowest BCUT2D eigenvalue weighted by molar-refractivity contribution is -0.762. The van der Waals surface area contributed by atoms with Gasteiger partial charge >= 0.3 is 0 Å². The summed E-state index contributed by atoms with van der Waals surface area (Å²) in [7, 11) is -1.70. The van der Waals surface area contributed by atoms with Crippen molar-refractivity contribution in [2.45, 2.75) is 81.8 Å². The molecule has 0 spiro atoms. The molecule has 1 aliphatic rings. The number of nitrogens with one attached hydrogen (secondary N) is 1. The molecule has 1 aliphatic heterocycles. The number of rotatable bonds is 6. The fourth-order valence-corrected chi connectivity index (χ4v) is 4.12. The van der Waals surface area contributed by atoms with Crippen LogP contribution in [0.3, 0.4) is 0 Å². The highest BCUT2D eigenvalue weighted by Gasteiger charge is 2.37. The van der Waals surface area contributed by atoms with E-state index < -0.39 is 8.32 Å². The zero-order chi connectivity index (χ0) is 17.1. The molecular weight excluding hydrogens is 419 g/mol. The summed E-state index contributed by atoms with van der Waals surface area (Å²) in [5.74, 6) is 0. The number of hydrogen-bond donors (Lipinski definition) is 1. The minimum absolute atomic E-state index is 0.248. The molecule has 1 fully saturated rings. The summed E-state index contributed by atoms with van der Waals surface area (Å²) in [6, 6.07) is 2.25. The van der Waals surface area contributed by atoms with Crippen molar-refractivity contribution in [2.75, 3.05) is 6.61 Å². The van der Waals surface area contributed by atoms with Gasteiger partial charge in [-0.25, -0.2) is 0 Å². The van der Waals surface area contributed by atoms with Crippen molar-refractivity contribution >= 4 is 30.9 Å². The van der Waals surface area contributed by atoms with Crippen molar-refractivity contribution in [1.82, 2.24) is 5.10 Å². The lowest BCUT2D eigenvalue weighted by Crippen LogP contribution is -2.46. The highest BCUT2D eigenvalue weighted by Crippen LogP contribution is 2.36. The van der Waals surface area contributed by atoms with Gasteiger partial charge in [0.25, 0.3) is 0 Å². The number of nitrogens with zero attached hydrogens (tertiary/aromatic N) is 1. The Labute approximate surface area is 155 Å². The summed E-state index contributed by atoms with van der Waals surface area (Å²) >= 11 is 2.43. The van der Waals surface area contributed by atoms with Crippen LogP contribution in [0.4, 0.5) is 0 Å². The summed E-state index contributed by atoms with van der Waals surface area (Å²) < 4.78 is 15.5. The molecule has 0 bridgehead atoms. The van der Waals surface area contributed by atoms with Gasteiger partial charge in [0.2, 0.25) is 5.69 Å². The Morgan fingerprint density at radius 2 is 2.13 bits per heavy atom. The lowest BCUT2D eigenvalue weighted by atomic mass is 10.1. The molecule has 0 radical (unpaired) electrons. The number of halogens is 1. The summed E-state index contributed by atoms with van der Waals surface area (Å²) in [6.07, 6.45) is 4.01. The summed E-state index contributed by atoms with van der Waals surface area (Å²) in [5, 5.41) is 3.78. The van der Waals surface area contributed by atoms with Crippen LogP contribution in [0.1, 0.15) is 51.4 Å². The van der Waals surface area contributed by atoms with Crippen LogP contribution in [0.2, 0.25) is 18.1 Å². The van der Waals surface area contributed by atoms with Gasteiger partial charge in [0.05, 0.1) is 11.0 Å². The van der Waals surface area contributed by atoms with E-state index in [0.717, 1.165) is 17.6 Å². The van der Waals surface area contributed by atoms with E-state index in [9.17, 15) is 0 Å². The molecule has 23 heavy (non-hydrogen) atoms. The number of aromatic amines is 1. The molecule has 2 heterocycles. The molecule has 0 amide bonds. The Balaban J connectivity index is 2.00. The van der Waals surface area contributed by atoms with E-state index in [1.807, 2.05) is 0 Å². The second kappa shape index (κ2) is 7.97. The van der Waals surface area contributed by atoms with Gasteiger partial charge in [0.15, 0.2) is 14.9 Å². The van der Waals surface area contributed by atoms with Gasteiger partial charge in [-0.05, 0) is 37.4 Å². The molecular formula is C17H32IN2O2Si+. The molecule has 1 unspecified atom stereocenters. The van der Waals surface area contributed by atoms with Crippen molar-refractivity contribution in [3.8, 4) is 0 Å². The van der Waals surface area contributed by atoms with Gasteiger partial charge in [0, 0.05) is 12.7 Å². The van der Waals surface area contributed by atoms with E-state index in [2.05, 4.69) is 72.3 Å². The van der Waals surface area contributed by atoms with Crippen LogP contribution in [0.15, 0.2) is 6.07 Å². The third-order valence-corrected chi connectivity index (χ3v) is 10.4. The highest BCUT2D eigenvalue weighted by molar-refractivity contribution is 14.1. The van der Waals surface area contributed by atoms with Crippen molar-refractivity contribution in [3.05, 3.63) is 17.5 Å². The van der Waals surface area contributed by atoms with Gasteiger partial charge in [-0.2, -0.15) is 5.10 Å². The van der Waals surface area contributed by atoms with Gasteiger partial charge in [-0.3, -0.25) is 0 Å². The summed E-state index contributed by atoms with van der Waals surface area (Å²) in [4.78, 5) is 0. The van der Waals surface area contributed by atoms with Crippen LogP contribution in [-0.4, -0.2) is 26.1 Å². The second-order valence-electron chi connectivity index (χ2n) is 8.05. The van der Waals surface area contributed by atoms with Crippen LogP contribution in [0.25, 0.3) is 0 Å². The van der Waals surface area contributed by atoms with Crippen LogP contribution in [0.5, 0.6) is 0 Å². The Bertz CT molecular complexity index is 505. The maximum absolute atomic E-state index is 6.34. The fraction of sp³-hybridized carbons (Fsp3) is 0.824. The van der Waals surface area contributed by atoms with Gasteiger partial charge in [0.1, 0.15) is 11.8 Å². The van der Waals surface area contributed by atoms with E-state index in [-0.39, 0.29) is 5.04 Å². The average Bonchev–Trinajstić information content (AvgIpc) is 2.87. The molecule has 132 valence electrons. The van der Waals surface area contributed by atoms with Crippen LogP contribution >= 0.6 is 22.6 Å². The van der Waals surface area contributed by atoms with Crippen molar-refractivity contribution < 1.29 is 13.8 Å². The monoisotopic (exact) mass is 451 g/mol. The first-order valence-electron chi connectivity index (χ1n) is 8.65. The molecule has 0 aromatic carbocycles. The van der Waals surface area contributed by atoms with E-state index in [4.69, 9.17) is 9.16 Å². The zero-order valence-corrected chi connectivity index (χ0v) is 18.4. The molecule has 1 aromatic rings. The molecule has 0 saturated carbocycles. The quantitative estimate of drug-likeness (QED) is 0.303. The van der Waals surface area contributed by atoms with E-state index in [0.29, 0.717) is 12.7 Å². The smallest absolute Gasteiger partial charge is 0.217 e. The number of ether oxygens (including phenoxy) is 1. The van der Waals surface area contributed by atoms with Crippen molar-refractivity contribution in [2.24, 2.45) is 0 Å². The minimum Gasteiger partial charge on any atom is -0.411 e. The van der Waals surface area contributed by atoms with Gasteiger partial charge in [-0.1, -0.05) is 43.4 Å². The number of H-pyrrole nitrogens is 1. The van der Waals surface area contributed by atoms with Crippen molar-refractivity contribution in [3.63, 3.8) is 0 Å². The molecule has 1 N–H and O–H groups in total. The fourth-order valence-electron chi connectivity index (χ4n) is 2.53. The SMILES string of the molecule is CC(C)(C)[Si](C)(C)OCc1cc(CI)[n+](CC2CCCCO2)[nH]1. The molecule has 1 atom stereocenters. The van der Waals surface area contributed by atoms with E-state index >= 15 is 0 Å². The molecule has 4 nitrogen and oxygen atoms in total. The molecule has 0 aliphatic carbocycles. The first-order valence-corrected chi connectivity index (χ1v) is 13.1. The van der Waals surface area contributed by atoms with Gasteiger partial charge in [-0.15, -0.1) is 4.68 Å². The Kier molecular flexibility index (Phi) is 6.72. The average molecular weight is 451 g/mol. The third-order valence-electron chi connectivity index (χ3n) is 5.16. The maximum atomic E-state index is 6.34.